The van der Waals surface area contributed by atoms with Crippen LogP contribution in [0.2, 0.25) is 5.02 Å². The zero-order valence-corrected chi connectivity index (χ0v) is 9.66. The Balaban J connectivity index is 2.23. The zero-order chi connectivity index (χ0) is 9.97. The summed E-state index contributed by atoms with van der Waals surface area (Å²) in [6.45, 7) is 0.700. The van der Waals surface area contributed by atoms with E-state index in [1.165, 1.54) is 0 Å². The molecular weight excluding hydrogens is 263 g/mol. The average Bonchev–Trinajstić information content (AvgIpc) is 2.56. The molecule has 72 valence electrons. The highest BCUT2D eigenvalue weighted by Crippen LogP contribution is 2.16. The summed E-state index contributed by atoms with van der Waals surface area (Å²) >= 11 is 9.33. The lowest BCUT2D eigenvalue weighted by atomic mass is 10.2. The monoisotopic (exact) mass is 270 g/mol. The van der Waals surface area contributed by atoms with Crippen LogP contribution in [0.4, 0.5) is 0 Å². The number of hydrogen-bond donors (Lipinski definition) is 0. The molecule has 0 atom stereocenters. The fourth-order valence-electron chi connectivity index (χ4n) is 1.23. The molecular formula is C10H8BrClN2. The number of rotatable bonds is 2. The van der Waals surface area contributed by atoms with Crippen LogP contribution in [-0.2, 0) is 6.54 Å². The summed E-state index contributed by atoms with van der Waals surface area (Å²) in [5.74, 6) is 0. The molecule has 1 aromatic carbocycles. The fraction of sp³-hybridized carbons (Fsp3) is 0.100. The number of halogens is 2. The topological polar surface area (TPSA) is 17.8 Å². The molecule has 0 spiro atoms. The van der Waals surface area contributed by atoms with Crippen LogP contribution in [0.3, 0.4) is 0 Å². The van der Waals surface area contributed by atoms with Crippen molar-refractivity contribution < 1.29 is 0 Å². The standard InChI is InChI=1S/C10H8BrClN2/c11-10-5-6-14(13-10)7-8-3-1-2-4-9(8)12/h1-6H,7H2. The third-order valence-corrected chi connectivity index (χ3v) is 2.69. The van der Waals surface area contributed by atoms with Gasteiger partial charge in [0.15, 0.2) is 0 Å². The molecule has 0 aliphatic rings. The molecule has 0 unspecified atom stereocenters. The second kappa shape index (κ2) is 4.15. The van der Waals surface area contributed by atoms with Gasteiger partial charge in [-0.3, -0.25) is 4.68 Å². The van der Waals surface area contributed by atoms with Crippen molar-refractivity contribution in [1.29, 1.82) is 0 Å². The van der Waals surface area contributed by atoms with Crippen molar-refractivity contribution in [2.75, 3.05) is 0 Å². The lowest BCUT2D eigenvalue weighted by molar-refractivity contribution is 0.682. The van der Waals surface area contributed by atoms with Gasteiger partial charge in [-0.1, -0.05) is 29.8 Å². The van der Waals surface area contributed by atoms with E-state index in [9.17, 15) is 0 Å². The summed E-state index contributed by atoms with van der Waals surface area (Å²) in [5.41, 5.74) is 1.07. The van der Waals surface area contributed by atoms with Crippen LogP contribution in [-0.4, -0.2) is 9.78 Å². The quantitative estimate of drug-likeness (QED) is 0.819. The normalized spacial score (nSPS) is 10.4. The van der Waals surface area contributed by atoms with Gasteiger partial charge in [-0.05, 0) is 33.6 Å². The van der Waals surface area contributed by atoms with Crippen molar-refractivity contribution in [3.05, 3.63) is 51.7 Å². The number of nitrogens with zero attached hydrogens (tertiary/aromatic N) is 2. The molecule has 0 N–H and O–H groups in total. The predicted molar refractivity (Wildman–Crippen MR) is 60.5 cm³/mol. The molecule has 0 saturated heterocycles. The van der Waals surface area contributed by atoms with Gasteiger partial charge in [0.1, 0.15) is 4.60 Å². The van der Waals surface area contributed by atoms with Crippen LogP contribution < -0.4 is 0 Å². The molecule has 0 aliphatic heterocycles. The van der Waals surface area contributed by atoms with E-state index in [0.29, 0.717) is 6.54 Å². The third kappa shape index (κ3) is 2.16. The maximum absolute atomic E-state index is 6.03. The largest absolute Gasteiger partial charge is 0.267 e. The molecule has 0 radical (unpaired) electrons. The van der Waals surface area contributed by atoms with Crippen LogP contribution in [0.15, 0.2) is 41.1 Å². The fourth-order valence-corrected chi connectivity index (χ4v) is 1.74. The van der Waals surface area contributed by atoms with E-state index in [-0.39, 0.29) is 0 Å². The number of benzene rings is 1. The van der Waals surface area contributed by atoms with Crippen molar-refractivity contribution in [2.24, 2.45) is 0 Å². The number of hydrogen-bond acceptors (Lipinski definition) is 1. The van der Waals surface area contributed by atoms with Gasteiger partial charge in [-0.2, -0.15) is 5.10 Å². The van der Waals surface area contributed by atoms with Crippen LogP contribution >= 0.6 is 27.5 Å². The minimum absolute atomic E-state index is 0.700. The predicted octanol–water partition coefficient (Wildman–Crippen LogP) is 3.35. The smallest absolute Gasteiger partial charge is 0.128 e. The highest BCUT2D eigenvalue weighted by Gasteiger charge is 2.00. The lowest BCUT2D eigenvalue weighted by Crippen LogP contribution is -2.00. The molecule has 2 nitrogen and oxygen atoms in total. The summed E-state index contributed by atoms with van der Waals surface area (Å²) in [7, 11) is 0. The van der Waals surface area contributed by atoms with E-state index in [0.717, 1.165) is 15.2 Å². The Morgan fingerprint density at radius 3 is 2.71 bits per heavy atom. The first-order valence-corrected chi connectivity index (χ1v) is 5.35. The van der Waals surface area contributed by atoms with E-state index >= 15 is 0 Å². The van der Waals surface area contributed by atoms with Crippen molar-refractivity contribution >= 4 is 27.5 Å². The Hall–Kier alpha value is -0.800. The SMILES string of the molecule is Clc1ccccc1Cn1ccc(Br)n1. The lowest BCUT2D eigenvalue weighted by Gasteiger charge is -2.03. The molecule has 0 saturated carbocycles. The summed E-state index contributed by atoms with van der Waals surface area (Å²) in [5, 5.41) is 5.00. The minimum Gasteiger partial charge on any atom is -0.267 e. The number of aromatic nitrogens is 2. The first-order valence-electron chi connectivity index (χ1n) is 4.18. The van der Waals surface area contributed by atoms with Gasteiger partial charge in [0.05, 0.1) is 6.54 Å². The Morgan fingerprint density at radius 1 is 1.29 bits per heavy atom. The molecule has 4 heteroatoms. The highest BCUT2D eigenvalue weighted by molar-refractivity contribution is 9.10. The molecule has 14 heavy (non-hydrogen) atoms. The van der Waals surface area contributed by atoms with Crippen molar-refractivity contribution in [2.45, 2.75) is 6.54 Å². The molecule has 1 aromatic heterocycles. The van der Waals surface area contributed by atoms with Crippen LogP contribution in [0.1, 0.15) is 5.56 Å². The second-order valence-corrected chi connectivity index (χ2v) is 4.15. The Bertz CT molecular complexity index is 439. The average molecular weight is 272 g/mol. The highest BCUT2D eigenvalue weighted by atomic mass is 79.9. The first kappa shape index (κ1) is 9.74. The van der Waals surface area contributed by atoms with Gasteiger partial charge in [0.2, 0.25) is 0 Å². The molecule has 0 amide bonds. The Labute approximate surface area is 95.6 Å². The maximum Gasteiger partial charge on any atom is 0.128 e. The minimum atomic E-state index is 0.700. The summed E-state index contributed by atoms with van der Waals surface area (Å²) in [4.78, 5) is 0. The van der Waals surface area contributed by atoms with E-state index < -0.39 is 0 Å². The van der Waals surface area contributed by atoms with E-state index in [4.69, 9.17) is 11.6 Å². The van der Waals surface area contributed by atoms with Gasteiger partial charge in [0.25, 0.3) is 0 Å². The molecule has 2 aromatic rings. The Morgan fingerprint density at radius 2 is 2.07 bits per heavy atom. The van der Waals surface area contributed by atoms with Crippen molar-refractivity contribution in [3.63, 3.8) is 0 Å². The first-order chi connectivity index (χ1) is 6.75. The van der Waals surface area contributed by atoms with Gasteiger partial charge in [-0.25, -0.2) is 0 Å². The second-order valence-electron chi connectivity index (χ2n) is 2.93. The molecule has 0 aliphatic carbocycles. The molecule has 1 heterocycles. The van der Waals surface area contributed by atoms with E-state index in [1.54, 1.807) is 0 Å². The summed E-state index contributed by atoms with van der Waals surface area (Å²) in [6.07, 6.45) is 1.91. The van der Waals surface area contributed by atoms with Gasteiger partial charge in [-0.15, -0.1) is 0 Å². The van der Waals surface area contributed by atoms with E-state index in [1.807, 2.05) is 41.2 Å². The molecule has 0 bridgehead atoms. The van der Waals surface area contributed by atoms with Crippen LogP contribution in [0.25, 0.3) is 0 Å². The summed E-state index contributed by atoms with van der Waals surface area (Å²) in [6, 6.07) is 9.68. The Kier molecular flexibility index (Phi) is 2.89. The molecule has 2 rings (SSSR count). The summed E-state index contributed by atoms with van der Waals surface area (Å²) < 4.78 is 2.68. The van der Waals surface area contributed by atoms with E-state index in [2.05, 4.69) is 21.0 Å². The van der Waals surface area contributed by atoms with Gasteiger partial charge < -0.3 is 0 Å². The van der Waals surface area contributed by atoms with Crippen LogP contribution in [0.5, 0.6) is 0 Å². The van der Waals surface area contributed by atoms with Crippen LogP contribution in [0, 0.1) is 0 Å². The van der Waals surface area contributed by atoms with Gasteiger partial charge in [0, 0.05) is 11.2 Å². The molecule has 0 fully saturated rings. The zero-order valence-electron chi connectivity index (χ0n) is 7.32. The third-order valence-electron chi connectivity index (χ3n) is 1.90. The van der Waals surface area contributed by atoms with Gasteiger partial charge >= 0.3 is 0 Å². The maximum atomic E-state index is 6.03. The van der Waals surface area contributed by atoms with Crippen molar-refractivity contribution in [1.82, 2.24) is 9.78 Å². The van der Waals surface area contributed by atoms with Crippen molar-refractivity contribution in [3.8, 4) is 0 Å².